The zero-order valence-corrected chi connectivity index (χ0v) is 28.8. The van der Waals surface area contributed by atoms with Crippen LogP contribution >= 0.6 is 11.3 Å². The van der Waals surface area contributed by atoms with Crippen LogP contribution in [0.5, 0.6) is 0 Å². The number of para-hydroxylation sites is 1. The molecule has 0 radical (unpaired) electrons. The molecule has 5 heterocycles. The summed E-state index contributed by atoms with van der Waals surface area (Å²) in [6.45, 7) is 0. The molecular formula is C47H30N4S. The molecule has 0 aliphatic heterocycles. The maximum atomic E-state index is 5.18. The first kappa shape index (κ1) is 30.2. The van der Waals surface area contributed by atoms with Crippen molar-refractivity contribution in [3.8, 4) is 60.9 Å². The van der Waals surface area contributed by atoms with E-state index in [9.17, 15) is 0 Å². The van der Waals surface area contributed by atoms with E-state index < -0.39 is 0 Å². The Hall–Kier alpha value is -6.69. The molecule has 0 unspecified atom stereocenters. The lowest BCUT2D eigenvalue weighted by Crippen LogP contribution is -1.95. The smallest absolute Gasteiger partial charge is 0.0716 e. The third kappa shape index (κ3) is 5.27. The van der Waals surface area contributed by atoms with Gasteiger partial charge in [0.15, 0.2) is 0 Å². The Kier molecular flexibility index (Phi) is 7.29. The van der Waals surface area contributed by atoms with E-state index in [-0.39, 0.29) is 0 Å². The fourth-order valence-corrected chi connectivity index (χ4v) is 8.49. The SMILES string of the molecule is c1ccc(-c2cc3ccc4c(c5ccccc5n4-c4ccc(-c5cc(-c6ccc(-c7ccncc7)cc6)cc(-c6ccncc6)n5)cc4)c3s2)cc1. The monoisotopic (exact) mass is 682 g/mol. The standard InChI is InChI=1S/C47H30N4S/c1-2-6-36(7-3-1)45-30-37-16-19-44-46(47(37)52-45)40-8-4-5-9-43(40)51(44)39-17-14-34(15-18-39)41-28-38(29-42(50-41)35-22-26-49-27-23-35)32-12-10-31(11-13-32)33-20-24-48-25-21-33/h1-30H. The van der Waals surface area contributed by atoms with Crippen LogP contribution in [0.15, 0.2) is 183 Å². The topological polar surface area (TPSA) is 43.6 Å². The van der Waals surface area contributed by atoms with E-state index in [4.69, 9.17) is 4.98 Å². The average molecular weight is 683 g/mol. The van der Waals surface area contributed by atoms with Crippen LogP contribution in [0.2, 0.25) is 0 Å². The van der Waals surface area contributed by atoms with Gasteiger partial charge in [-0.25, -0.2) is 4.98 Å². The van der Waals surface area contributed by atoms with Gasteiger partial charge in [-0.15, -0.1) is 11.3 Å². The maximum Gasteiger partial charge on any atom is 0.0716 e. The summed E-state index contributed by atoms with van der Waals surface area (Å²) in [4.78, 5) is 14.9. The van der Waals surface area contributed by atoms with Crippen LogP contribution in [0, 0.1) is 0 Å². The van der Waals surface area contributed by atoms with E-state index in [2.05, 4.69) is 148 Å². The molecule has 5 heteroatoms. The van der Waals surface area contributed by atoms with Crippen molar-refractivity contribution in [2.24, 2.45) is 0 Å². The third-order valence-corrected chi connectivity index (χ3v) is 11.1. The molecule has 5 aromatic heterocycles. The Bertz CT molecular complexity index is 2860. The molecule has 0 aliphatic rings. The minimum Gasteiger partial charge on any atom is -0.309 e. The van der Waals surface area contributed by atoms with Gasteiger partial charge in [-0.3, -0.25) is 9.97 Å². The second kappa shape index (κ2) is 12.6. The normalized spacial score (nSPS) is 11.5. The van der Waals surface area contributed by atoms with E-state index in [1.165, 1.54) is 42.3 Å². The Labute approximate surface area is 305 Å². The van der Waals surface area contributed by atoms with Crippen LogP contribution < -0.4 is 0 Å². The Morgan fingerprint density at radius 2 is 1.00 bits per heavy atom. The van der Waals surface area contributed by atoms with Crippen LogP contribution in [0.3, 0.4) is 0 Å². The number of rotatable bonds is 6. The lowest BCUT2D eigenvalue weighted by atomic mass is 9.98. The van der Waals surface area contributed by atoms with E-state index in [1.807, 2.05) is 60.4 Å². The number of hydrogen-bond donors (Lipinski definition) is 0. The molecule has 52 heavy (non-hydrogen) atoms. The van der Waals surface area contributed by atoms with Crippen molar-refractivity contribution < 1.29 is 0 Å². The lowest BCUT2D eigenvalue weighted by molar-refractivity contribution is 1.18. The van der Waals surface area contributed by atoms with Gasteiger partial charge in [-0.05, 0) is 99.9 Å². The van der Waals surface area contributed by atoms with Crippen LogP contribution in [-0.2, 0) is 0 Å². The zero-order chi connectivity index (χ0) is 34.4. The summed E-state index contributed by atoms with van der Waals surface area (Å²) in [7, 11) is 0. The first-order valence-electron chi connectivity index (χ1n) is 17.3. The largest absolute Gasteiger partial charge is 0.309 e. The second-order valence-corrected chi connectivity index (χ2v) is 14.0. The van der Waals surface area contributed by atoms with Gasteiger partial charge >= 0.3 is 0 Å². The van der Waals surface area contributed by atoms with Crippen molar-refractivity contribution in [2.75, 3.05) is 0 Å². The van der Waals surface area contributed by atoms with Crippen molar-refractivity contribution >= 4 is 43.2 Å². The zero-order valence-electron chi connectivity index (χ0n) is 28.0. The van der Waals surface area contributed by atoms with Crippen LogP contribution in [0.25, 0.3) is 92.8 Å². The van der Waals surface area contributed by atoms with Crippen molar-refractivity contribution in [3.63, 3.8) is 0 Å². The number of nitrogens with zero attached hydrogens (tertiary/aromatic N) is 4. The Balaban J connectivity index is 1.07. The van der Waals surface area contributed by atoms with Gasteiger partial charge < -0.3 is 4.57 Å². The summed E-state index contributed by atoms with van der Waals surface area (Å²) in [6.07, 6.45) is 7.30. The van der Waals surface area contributed by atoms with Crippen molar-refractivity contribution in [2.45, 2.75) is 0 Å². The van der Waals surface area contributed by atoms with Crippen molar-refractivity contribution in [3.05, 3.63) is 183 Å². The van der Waals surface area contributed by atoms with Gasteiger partial charge in [0.1, 0.15) is 0 Å². The molecule has 0 bridgehead atoms. The molecule has 4 nitrogen and oxygen atoms in total. The molecule has 0 spiro atoms. The van der Waals surface area contributed by atoms with Gasteiger partial charge in [0.2, 0.25) is 0 Å². The first-order chi connectivity index (χ1) is 25.8. The first-order valence-corrected chi connectivity index (χ1v) is 18.1. The van der Waals surface area contributed by atoms with Gasteiger partial charge in [0, 0.05) is 62.0 Å². The molecule has 0 aliphatic carbocycles. The van der Waals surface area contributed by atoms with Crippen molar-refractivity contribution in [1.82, 2.24) is 19.5 Å². The van der Waals surface area contributed by atoms with E-state index in [0.29, 0.717) is 0 Å². The van der Waals surface area contributed by atoms with Crippen LogP contribution in [-0.4, -0.2) is 19.5 Å². The minimum absolute atomic E-state index is 0.912. The van der Waals surface area contributed by atoms with E-state index >= 15 is 0 Å². The molecule has 244 valence electrons. The molecule has 10 aromatic rings. The maximum absolute atomic E-state index is 5.18. The summed E-state index contributed by atoms with van der Waals surface area (Å²) >= 11 is 1.87. The summed E-state index contributed by atoms with van der Waals surface area (Å²) in [5.41, 5.74) is 13.2. The quantitative estimate of drug-likeness (QED) is 0.175. The van der Waals surface area contributed by atoms with Gasteiger partial charge in [-0.1, -0.05) is 91.0 Å². The Morgan fingerprint density at radius 3 is 1.71 bits per heavy atom. The predicted molar refractivity (Wildman–Crippen MR) is 217 cm³/mol. The summed E-state index contributed by atoms with van der Waals surface area (Å²) in [6, 6.07) is 56.3. The molecule has 10 rings (SSSR count). The molecular weight excluding hydrogens is 653 g/mol. The number of thiophene rings is 1. The van der Waals surface area contributed by atoms with Crippen LogP contribution in [0.4, 0.5) is 0 Å². The summed E-state index contributed by atoms with van der Waals surface area (Å²) < 4.78 is 3.72. The number of aromatic nitrogens is 4. The molecule has 0 saturated carbocycles. The highest BCUT2D eigenvalue weighted by Gasteiger charge is 2.17. The molecule has 0 fully saturated rings. The number of pyridine rings is 3. The summed E-state index contributed by atoms with van der Waals surface area (Å²) in [5, 5.41) is 3.84. The highest BCUT2D eigenvalue weighted by Crippen LogP contribution is 2.43. The van der Waals surface area contributed by atoms with Crippen LogP contribution in [0.1, 0.15) is 0 Å². The van der Waals surface area contributed by atoms with E-state index in [0.717, 1.165) is 50.5 Å². The highest BCUT2D eigenvalue weighted by atomic mass is 32.1. The van der Waals surface area contributed by atoms with E-state index in [1.54, 1.807) is 0 Å². The summed E-state index contributed by atoms with van der Waals surface area (Å²) in [5.74, 6) is 0. The molecule has 0 saturated heterocycles. The predicted octanol–water partition coefficient (Wildman–Crippen LogP) is 12.5. The number of hydrogen-bond acceptors (Lipinski definition) is 4. The lowest BCUT2D eigenvalue weighted by Gasteiger charge is -2.12. The van der Waals surface area contributed by atoms with Crippen molar-refractivity contribution in [1.29, 1.82) is 0 Å². The fourth-order valence-electron chi connectivity index (χ4n) is 7.27. The van der Waals surface area contributed by atoms with Gasteiger partial charge in [0.05, 0.1) is 22.4 Å². The third-order valence-electron chi connectivity index (χ3n) is 9.83. The fraction of sp³-hybridized carbons (Fsp3) is 0. The minimum atomic E-state index is 0.912. The molecule has 5 aromatic carbocycles. The highest BCUT2D eigenvalue weighted by molar-refractivity contribution is 7.23. The van der Waals surface area contributed by atoms with Gasteiger partial charge in [0.25, 0.3) is 0 Å². The second-order valence-electron chi connectivity index (χ2n) is 12.9. The molecule has 0 atom stereocenters. The molecule has 0 amide bonds. The average Bonchev–Trinajstić information content (AvgIpc) is 3.82. The van der Waals surface area contributed by atoms with Gasteiger partial charge in [-0.2, -0.15) is 0 Å². The molecule has 0 N–H and O–H groups in total. The number of benzene rings is 5. The number of fused-ring (bicyclic) bond motifs is 5. The Morgan fingerprint density at radius 1 is 0.423 bits per heavy atom.